The Kier molecular flexibility index (Phi) is 5.76. The topological polar surface area (TPSA) is 38.7 Å². The Morgan fingerprint density at radius 3 is 1.73 bits per heavy atom. The molecule has 0 fully saturated rings. The van der Waals surface area contributed by atoms with Gasteiger partial charge in [-0.15, -0.1) is 22.7 Å². The molecule has 3 aromatic heterocycles. The molecule has 12 rings (SSSR count). The van der Waals surface area contributed by atoms with E-state index < -0.39 is 0 Å². The first-order valence-electron chi connectivity index (χ1n) is 21.3. The maximum atomic E-state index is 9.70. The Morgan fingerprint density at radius 2 is 0.946 bits per heavy atom. The van der Waals surface area contributed by atoms with Gasteiger partial charge in [-0.25, -0.2) is 15.0 Å². The third kappa shape index (κ3) is 4.92. The van der Waals surface area contributed by atoms with Gasteiger partial charge in [-0.05, 0) is 79.8 Å². The molecule has 0 aliphatic carbocycles. The van der Waals surface area contributed by atoms with Gasteiger partial charge in [-0.3, -0.25) is 0 Å². The Morgan fingerprint density at radius 1 is 0.339 bits per heavy atom. The van der Waals surface area contributed by atoms with Crippen LogP contribution in [-0.4, -0.2) is 15.0 Å². The van der Waals surface area contributed by atoms with E-state index in [2.05, 4.69) is 42.5 Å². The van der Waals surface area contributed by atoms with Crippen LogP contribution in [0.5, 0.6) is 0 Å². The minimum Gasteiger partial charge on any atom is -0.208 e. The van der Waals surface area contributed by atoms with Gasteiger partial charge in [-0.2, -0.15) is 0 Å². The van der Waals surface area contributed by atoms with Gasteiger partial charge in [0.15, 0.2) is 17.5 Å². The number of hydrogen-bond acceptors (Lipinski definition) is 5. The van der Waals surface area contributed by atoms with E-state index in [0.29, 0.717) is 32.0 Å². The summed E-state index contributed by atoms with van der Waals surface area (Å²) in [5, 5.41) is 9.02. The van der Waals surface area contributed by atoms with Crippen molar-refractivity contribution in [3.8, 4) is 45.3 Å². The lowest BCUT2D eigenvalue weighted by molar-refractivity contribution is 1.08. The highest BCUT2D eigenvalue weighted by Crippen LogP contribution is 2.42. The SMILES string of the molecule is [2H]c1c(-c2ccc3c4ccccc4c4ccccc4c3c2)c([2H])c2c(sc3c([2H])c(-c4nc(-c5ccccc5)nc(-c5cccc6sc7ccccc7c56)n4)c([2H])c([2H])c32)c1[2H]. The van der Waals surface area contributed by atoms with E-state index in [9.17, 15) is 8.22 Å². The molecule has 0 atom stereocenters. The van der Waals surface area contributed by atoms with Crippen LogP contribution in [0.2, 0.25) is 0 Å². The fourth-order valence-electron chi connectivity index (χ4n) is 8.00. The number of aromatic nitrogens is 3. The van der Waals surface area contributed by atoms with Crippen LogP contribution < -0.4 is 0 Å². The van der Waals surface area contributed by atoms with Crippen molar-refractivity contribution in [2.75, 3.05) is 0 Å². The molecule has 0 spiro atoms. The average Bonchev–Trinajstić information content (AvgIpc) is 3.91. The molecule has 0 saturated carbocycles. The fraction of sp³-hybridized carbons (Fsp3) is 0. The van der Waals surface area contributed by atoms with Crippen LogP contribution >= 0.6 is 22.7 Å². The monoisotopic (exact) mass is 753 g/mol. The predicted molar refractivity (Wildman–Crippen MR) is 240 cm³/mol. The highest BCUT2D eigenvalue weighted by Gasteiger charge is 2.18. The van der Waals surface area contributed by atoms with Crippen molar-refractivity contribution < 1.29 is 8.22 Å². The van der Waals surface area contributed by atoms with Crippen LogP contribution in [0, 0.1) is 0 Å². The van der Waals surface area contributed by atoms with Crippen molar-refractivity contribution in [1.82, 2.24) is 15.0 Å². The van der Waals surface area contributed by atoms with E-state index in [1.807, 2.05) is 97.1 Å². The molecule has 5 heteroatoms. The second-order valence-corrected chi connectivity index (χ2v) is 15.9. The average molecular weight is 754 g/mol. The number of hydrogen-bond donors (Lipinski definition) is 0. The lowest BCUT2D eigenvalue weighted by atomic mass is 9.92. The van der Waals surface area contributed by atoms with E-state index in [1.54, 1.807) is 11.3 Å². The van der Waals surface area contributed by atoms with E-state index in [0.717, 1.165) is 75.0 Å². The van der Waals surface area contributed by atoms with Gasteiger partial charge < -0.3 is 0 Å². The summed E-state index contributed by atoms with van der Waals surface area (Å²) in [5.41, 5.74) is 2.47. The molecule has 0 unspecified atom stereocenters. The van der Waals surface area contributed by atoms with Crippen molar-refractivity contribution in [2.24, 2.45) is 0 Å². The van der Waals surface area contributed by atoms with Crippen LogP contribution in [0.15, 0.2) is 176 Å². The van der Waals surface area contributed by atoms with Crippen LogP contribution in [0.4, 0.5) is 0 Å². The molecule has 0 radical (unpaired) electrons. The number of rotatable bonds is 4. The molecule has 0 aliphatic rings. The fourth-order valence-corrected chi connectivity index (χ4v) is 10.1. The summed E-state index contributed by atoms with van der Waals surface area (Å²) >= 11 is 2.79. The maximum Gasteiger partial charge on any atom is 0.164 e. The lowest BCUT2D eigenvalue weighted by Crippen LogP contribution is -2.00. The first-order chi connectivity index (χ1) is 30.3. The molecule has 9 aromatic carbocycles. The minimum absolute atomic E-state index is 0.0124. The first-order valence-corrected chi connectivity index (χ1v) is 19.9. The molecule has 56 heavy (non-hydrogen) atoms. The Bertz CT molecular complexity index is 3870. The Labute approximate surface area is 338 Å². The zero-order valence-electron chi connectivity index (χ0n) is 35.4. The summed E-state index contributed by atoms with van der Waals surface area (Å²) < 4.78 is 59.9. The third-order valence-corrected chi connectivity index (χ3v) is 12.7. The van der Waals surface area contributed by atoms with E-state index >= 15 is 0 Å². The van der Waals surface area contributed by atoms with Gasteiger partial charge >= 0.3 is 0 Å². The largest absolute Gasteiger partial charge is 0.208 e. The highest BCUT2D eigenvalue weighted by atomic mass is 32.1. The van der Waals surface area contributed by atoms with Crippen LogP contribution in [0.3, 0.4) is 0 Å². The summed E-state index contributed by atoms with van der Waals surface area (Å²) in [5.74, 6) is 0.833. The van der Waals surface area contributed by atoms with Crippen molar-refractivity contribution >= 4 is 95.3 Å². The van der Waals surface area contributed by atoms with Crippen molar-refractivity contribution in [2.45, 2.75) is 0 Å². The van der Waals surface area contributed by atoms with Gasteiger partial charge in [0.05, 0.1) is 8.22 Å². The smallest absolute Gasteiger partial charge is 0.164 e. The second-order valence-electron chi connectivity index (χ2n) is 13.8. The number of nitrogens with zero attached hydrogens (tertiary/aromatic N) is 3. The van der Waals surface area contributed by atoms with Gasteiger partial charge in [0.2, 0.25) is 0 Å². The number of thiophene rings is 2. The Hall–Kier alpha value is -6.79. The second kappa shape index (κ2) is 12.4. The normalized spacial score (nSPS) is 13.4. The maximum absolute atomic E-state index is 9.70. The summed E-state index contributed by atoms with van der Waals surface area (Å²) in [6.07, 6.45) is 0. The van der Waals surface area contributed by atoms with Gasteiger partial charge in [0.1, 0.15) is 0 Å². The molecule has 0 bridgehead atoms. The molecular weight excluding hydrogens is 719 g/mol. The summed E-state index contributed by atoms with van der Waals surface area (Å²) in [6, 6.07) is 45.5. The van der Waals surface area contributed by atoms with Crippen LogP contribution in [0.1, 0.15) is 8.22 Å². The Balaban J connectivity index is 1.10. The molecule has 260 valence electrons. The van der Waals surface area contributed by atoms with Gasteiger partial charge in [0, 0.05) is 57.0 Å². The van der Waals surface area contributed by atoms with E-state index in [4.69, 9.17) is 15.0 Å². The summed E-state index contributed by atoms with van der Waals surface area (Å²) in [7, 11) is 0. The summed E-state index contributed by atoms with van der Waals surface area (Å²) in [4.78, 5) is 14.8. The molecule has 3 heterocycles. The standard InChI is InChI=1S/C51H29N3S2/c1-2-11-30(12-3-1)49-52-50(54-51(53-49)41-18-10-20-46-48(41)40-17-8-9-19-44(40)55-46)33-22-25-39-43-28-32(23-26-45(43)56-47(39)29-33)31-21-24-38-36-15-5-4-13-34(36)35-14-6-7-16-37(35)42(38)27-31/h1-29H/i22D,23D,25D,26D,28D,29D. The van der Waals surface area contributed by atoms with Crippen molar-refractivity contribution in [1.29, 1.82) is 0 Å². The molecule has 0 amide bonds. The molecule has 12 aromatic rings. The van der Waals surface area contributed by atoms with Gasteiger partial charge in [0.25, 0.3) is 0 Å². The first kappa shape index (κ1) is 26.1. The van der Waals surface area contributed by atoms with Crippen molar-refractivity contribution in [3.05, 3.63) is 176 Å². The van der Waals surface area contributed by atoms with E-state index in [1.165, 1.54) is 0 Å². The lowest BCUT2D eigenvalue weighted by Gasteiger charge is -2.12. The van der Waals surface area contributed by atoms with Crippen molar-refractivity contribution in [3.63, 3.8) is 0 Å². The number of benzene rings is 9. The quantitative estimate of drug-likeness (QED) is 0.168. The van der Waals surface area contributed by atoms with Crippen LogP contribution in [-0.2, 0) is 0 Å². The zero-order chi connectivity index (χ0) is 42.0. The summed E-state index contributed by atoms with van der Waals surface area (Å²) in [6.45, 7) is 0. The number of fused-ring (bicyclic) bond motifs is 12. The van der Waals surface area contributed by atoms with Gasteiger partial charge in [-0.1, -0.05) is 139 Å². The van der Waals surface area contributed by atoms with Crippen LogP contribution in [0.25, 0.3) is 118 Å². The highest BCUT2D eigenvalue weighted by molar-refractivity contribution is 7.26. The molecule has 0 aliphatic heterocycles. The van der Waals surface area contributed by atoms with E-state index in [-0.39, 0.29) is 58.6 Å². The molecular formula is C51H29N3S2. The zero-order valence-corrected chi connectivity index (χ0v) is 31.1. The minimum atomic E-state index is -0.260. The molecule has 0 N–H and O–H groups in total. The predicted octanol–water partition coefficient (Wildman–Crippen LogP) is 14.7. The molecule has 3 nitrogen and oxygen atoms in total. The third-order valence-electron chi connectivity index (χ3n) is 10.6. The molecule has 0 saturated heterocycles.